The average molecular weight is 424 g/mol. The summed E-state index contributed by atoms with van der Waals surface area (Å²) in [6.45, 7) is 6.10. The van der Waals surface area contributed by atoms with Gasteiger partial charge in [-0.05, 0) is 62.1 Å². The van der Waals surface area contributed by atoms with Gasteiger partial charge in [0.1, 0.15) is 17.9 Å². The third-order valence-corrected chi connectivity index (χ3v) is 7.62. The van der Waals surface area contributed by atoms with Gasteiger partial charge >= 0.3 is 0 Å². The van der Waals surface area contributed by atoms with E-state index in [1.165, 1.54) is 12.0 Å². The van der Waals surface area contributed by atoms with Crippen molar-refractivity contribution in [1.29, 1.82) is 0 Å². The second-order valence-electron chi connectivity index (χ2n) is 9.47. The first-order chi connectivity index (χ1) is 15.1. The first kappa shape index (κ1) is 20.5. The Morgan fingerprint density at radius 2 is 2.06 bits per heavy atom. The lowest BCUT2D eigenvalue weighted by atomic mass is 9.71. The molecule has 3 fully saturated rings. The van der Waals surface area contributed by atoms with Crippen molar-refractivity contribution in [3.63, 3.8) is 0 Å². The number of carbonyl (C=O) groups excluding carboxylic acids is 1. The molecule has 166 valence electrons. The first-order valence-electron chi connectivity index (χ1n) is 11.6. The van der Waals surface area contributed by atoms with Crippen LogP contribution in [0.1, 0.15) is 37.1 Å². The number of nitrogens with zero attached hydrogens (tertiary/aromatic N) is 5. The summed E-state index contributed by atoms with van der Waals surface area (Å²) < 4.78 is 7.58. The minimum atomic E-state index is 0.278. The van der Waals surface area contributed by atoms with E-state index in [0.29, 0.717) is 30.2 Å². The van der Waals surface area contributed by atoms with Gasteiger partial charge in [-0.2, -0.15) is 0 Å². The minimum absolute atomic E-state index is 0.278. The highest BCUT2D eigenvalue weighted by Crippen LogP contribution is 2.42. The number of rotatable bonds is 6. The summed E-state index contributed by atoms with van der Waals surface area (Å²) in [7, 11) is 1.71. The molecule has 0 spiro atoms. The molecule has 4 atom stereocenters. The quantitative estimate of drug-likeness (QED) is 0.715. The number of hydrogen-bond acceptors (Lipinski definition) is 5. The zero-order chi connectivity index (χ0) is 21.4. The van der Waals surface area contributed by atoms with Crippen LogP contribution in [0.4, 0.5) is 0 Å². The normalized spacial score (nSPS) is 28.5. The Kier molecular flexibility index (Phi) is 5.69. The Labute approximate surface area is 184 Å². The Bertz CT molecular complexity index is 928. The molecule has 1 aromatic carbocycles. The standard InChI is InChI=1S/C24H33N5O2/c1-17-26-25-16-28(17)10-9-27-14-19-13-20(15-27)23(29-22(19)7-4-8-24(29)30)12-18-5-3-6-21(11-18)31-2/h3,5-6,11,16,19-20,22-23H,4,7-10,12-15H2,1-2H3/t19-,20+,22+,23+/m1/s1. The van der Waals surface area contributed by atoms with E-state index in [2.05, 4.69) is 42.8 Å². The van der Waals surface area contributed by atoms with Crippen LogP contribution < -0.4 is 4.74 Å². The van der Waals surface area contributed by atoms with E-state index in [0.717, 1.165) is 57.0 Å². The summed E-state index contributed by atoms with van der Waals surface area (Å²) in [5.74, 6) is 3.34. The zero-order valence-electron chi connectivity index (χ0n) is 18.6. The van der Waals surface area contributed by atoms with Gasteiger partial charge in [0.25, 0.3) is 0 Å². The highest BCUT2D eigenvalue weighted by Gasteiger charge is 2.49. The minimum Gasteiger partial charge on any atom is -0.497 e. The van der Waals surface area contributed by atoms with Crippen LogP contribution in [-0.2, 0) is 17.8 Å². The van der Waals surface area contributed by atoms with Gasteiger partial charge in [-0.15, -0.1) is 10.2 Å². The second kappa shape index (κ2) is 8.61. The van der Waals surface area contributed by atoms with E-state index in [1.807, 2.05) is 19.3 Å². The molecule has 0 aliphatic carbocycles. The zero-order valence-corrected chi connectivity index (χ0v) is 18.6. The smallest absolute Gasteiger partial charge is 0.223 e. The van der Waals surface area contributed by atoms with Gasteiger partial charge in [-0.1, -0.05) is 12.1 Å². The van der Waals surface area contributed by atoms with Crippen molar-refractivity contribution in [2.24, 2.45) is 11.8 Å². The largest absolute Gasteiger partial charge is 0.497 e. The van der Waals surface area contributed by atoms with E-state index in [4.69, 9.17) is 4.74 Å². The number of likely N-dealkylation sites (tertiary alicyclic amines) is 1. The van der Waals surface area contributed by atoms with Crippen molar-refractivity contribution in [2.75, 3.05) is 26.7 Å². The number of hydrogen-bond donors (Lipinski definition) is 0. The lowest BCUT2D eigenvalue weighted by Gasteiger charge is -2.57. The molecule has 0 N–H and O–H groups in total. The lowest BCUT2D eigenvalue weighted by Crippen LogP contribution is -2.65. The molecule has 0 unspecified atom stereocenters. The van der Waals surface area contributed by atoms with E-state index in [9.17, 15) is 4.79 Å². The molecule has 0 radical (unpaired) electrons. The van der Waals surface area contributed by atoms with Gasteiger partial charge in [-0.25, -0.2) is 0 Å². The van der Waals surface area contributed by atoms with Crippen molar-refractivity contribution in [2.45, 2.75) is 57.7 Å². The lowest BCUT2D eigenvalue weighted by molar-refractivity contribution is -0.152. The van der Waals surface area contributed by atoms with E-state index < -0.39 is 0 Å². The predicted octanol–water partition coefficient (Wildman–Crippen LogP) is 2.54. The maximum absolute atomic E-state index is 13.1. The van der Waals surface area contributed by atoms with Crippen LogP contribution in [0, 0.1) is 18.8 Å². The number of fused-ring (bicyclic) bond motifs is 4. The fourth-order valence-electron chi connectivity index (χ4n) is 6.14. The molecule has 3 aliphatic rings. The molecule has 4 heterocycles. The van der Waals surface area contributed by atoms with Gasteiger partial charge < -0.3 is 19.1 Å². The van der Waals surface area contributed by atoms with Crippen LogP contribution in [0.15, 0.2) is 30.6 Å². The molecule has 1 amide bonds. The van der Waals surface area contributed by atoms with Gasteiger partial charge in [0.2, 0.25) is 5.91 Å². The van der Waals surface area contributed by atoms with Gasteiger partial charge in [0.05, 0.1) is 7.11 Å². The first-order valence-corrected chi connectivity index (χ1v) is 11.6. The Balaban J connectivity index is 1.36. The Hall–Kier alpha value is -2.41. The van der Waals surface area contributed by atoms with Crippen molar-refractivity contribution < 1.29 is 9.53 Å². The predicted molar refractivity (Wildman–Crippen MR) is 118 cm³/mol. The number of benzene rings is 1. The number of aryl methyl sites for hydroxylation is 1. The molecule has 31 heavy (non-hydrogen) atoms. The van der Waals surface area contributed by atoms with E-state index in [-0.39, 0.29) is 6.04 Å². The third-order valence-electron chi connectivity index (χ3n) is 7.62. The number of aromatic nitrogens is 3. The molecule has 0 saturated carbocycles. The summed E-state index contributed by atoms with van der Waals surface area (Å²) in [4.78, 5) is 18.0. The number of ether oxygens (including phenoxy) is 1. The van der Waals surface area contributed by atoms with E-state index in [1.54, 1.807) is 7.11 Å². The van der Waals surface area contributed by atoms with Crippen LogP contribution >= 0.6 is 0 Å². The Morgan fingerprint density at radius 1 is 1.19 bits per heavy atom. The number of carbonyl (C=O) groups is 1. The van der Waals surface area contributed by atoms with Crippen molar-refractivity contribution in [3.8, 4) is 5.75 Å². The van der Waals surface area contributed by atoms with Crippen LogP contribution in [0.2, 0.25) is 0 Å². The van der Waals surface area contributed by atoms with Crippen LogP contribution in [-0.4, -0.2) is 69.3 Å². The molecule has 7 nitrogen and oxygen atoms in total. The van der Waals surface area contributed by atoms with Gasteiger partial charge in [0.15, 0.2) is 0 Å². The molecule has 2 aromatic rings. The van der Waals surface area contributed by atoms with Crippen LogP contribution in [0.3, 0.4) is 0 Å². The topological polar surface area (TPSA) is 63.5 Å². The van der Waals surface area contributed by atoms with Gasteiger partial charge in [-0.3, -0.25) is 4.79 Å². The van der Waals surface area contributed by atoms with Crippen LogP contribution in [0.5, 0.6) is 5.75 Å². The van der Waals surface area contributed by atoms with Gasteiger partial charge in [0, 0.05) is 44.7 Å². The molecule has 3 saturated heterocycles. The maximum Gasteiger partial charge on any atom is 0.223 e. The summed E-state index contributed by atoms with van der Waals surface area (Å²) >= 11 is 0. The maximum atomic E-state index is 13.1. The SMILES string of the molecule is COc1cccc(C[C@H]2[C@H]3C[C@H](CN(CCn4cnnc4C)C3)[C@@H]3CCCC(=O)N32)c1. The summed E-state index contributed by atoms with van der Waals surface area (Å²) in [5, 5.41) is 8.13. The van der Waals surface area contributed by atoms with E-state index >= 15 is 0 Å². The molecule has 2 bridgehead atoms. The fourth-order valence-corrected chi connectivity index (χ4v) is 6.14. The highest BCUT2D eigenvalue weighted by atomic mass is 16.5. The van der Waals surface area contributed by atoms with Crippen LogP contribution in [0.25, 0.3) is 0 Å². The summed E-state index contributed by atoms with van der Waals surface area (Å²) in [6.07, 6.45) is 6.87. The fraction of sp³-hybridized carbons (Fsp3) is 0.625. The van der Waals surface area contributed by atoms with Crippen molar-refractivity contribution >= 4 is 5.91 Å². The molecule has 3 aliphatic heterocycles. The molecular weight excluding hydrogens is 390 g/mol. The highest BCUT2D eigenvalue weighted by molar-refractivity contribution is 5.78. The third kappa shape index (κ3) is 4.07. The van der Waals surface area contributed by atoms with Crippen molar-refractivity contribution in [1.82, 2.24) is 24.6 Å². The summed E-state index contributed by atoms with van der Waals surface area (Å²) in [6, 6.07) is 9.03. The Morgan fingerprint density at radius 3 is 2.87 bits per heavy atom. The summed E-state index contributed by atoms with van der Waals surface area (Å²) in [5.41, 5.74) is 1.26. The average Bonchev–Trinajstić information content (AvgIpc) is 3.20. The molecule has 5 rings (SSSR count). The number of amides is 1. The molecule has 7 heteroatoms. The molecular formula is C24H33N5O2. The monoisotopic (exact) mass is 423 g/mol. The number of methoxy groups -OCH3 is 1. The van der Waals surface area contributed by atoms with Crippen molar-refractivity contribution in [3.05, 3.63) is 42.0 Å². The molecule has 1 aromatic heterocycles. The second-order valence-corrected chi connectivity index (χ2v) is 9.47. The number of piperidine rings is 3.